The van der Waals surface area contributed by atoms with Crippen molar-refractivity contribution in [2.24, 2.45) is 5.41 Å². The topological polar surface area (TPSA) is 42.4 Å². The fourth-order valence-corrected chi connectivity index (χ4v) is 7.96. The summed E-state index contributed by atoms with van der Waals surface area (Å²) in [5.74, 6) is 0.329. The van der Waals surface area contributed by atoms with Crippen molar-refractivity contribution in [1.29, 1.82) is 0 Å². The number of hydrogen-bond donors (Lipinski definition) is 1. The van der Waals surface area contributed by atoms with Gasteiger partial charge in [-0.1, -0.05) is 94.8 Å². The summed E-state index contributed by atoms with van der Waals surface area (Å²) in [6.45, 7) is 15.4. The van der Waals surface area contributed by atoms with Gasteiger partial charge in [0.25, 0.3) is 0 Å². The predicted molar refractivity (Wildman–Crippen MR) is 156 cm³/mol. The van der Waals surface area contributed by atoms with Crippen LogP contribution in [0.15, 0.2) is 24.3 Å². The molecular weight excluding hydrogens is 557 g/mol. The van der Waals surface area contributed by atoms with Crippen LogP contribution in [0.5, 0.6) is 0 Å². The molecule has 2 atom stereocenters. The van der Waals surface area contributed by atoms with E-state index in [0.29, 0.717) is 5.92 Å². The van der Waals surface area contributed by atoms with Gasteiger partial charge in [0.2, 0.25) is 0 Å². The second-order valence-corrected chi connectivity index (χ2v) is 14.7. The highest BCUT2D eigenvalue weighted by Crippen LogP contribution is 2.57. The lowest BCUT2D eigenvalue weighted by molar-refractivity contribution is 0.0201. The van der Waals surface area contributed by atoms with E-state index in [1.54, 1.807) is 0 Å². The molecule has 1 aromatic carbocycles. The Morgan fingerprint density at radius 2 is 1.69 bits per heavy atom. The molecule has 0 amide bonds. The first-order valence-electron chi connectivity index (χ1n) is 14.0. The van der Waals surface area contributed by atoms with Gasteiger partial charge in [-0.05, 0) is 82.9 Å². The summed E-state index contributed by atoms with van der Waals surface area (Å²) < 4.78 is 6.03. The number of hydrogen-bond acceptors (Lipinski definition) is 3. The van der Waals surface area contributed by atoms with E-state index >= 15 is 0 Å². The quantitative estimate of drug-likeness (QED) is 0.284. The van der Waals surface area contributed by atoms with Gasteiger partial charge in [-0.2, -0.15) is 0 Å². The number of rotatable bonds is 4. The summed E-state index contributed by atoms with van der Waals surface area (Å²) in [5, 5.41) is 11.7. The number of alkyl halides is 1. The average Bonchev–Trinajstić information content (AvgIpc) is 2.81. The van der Waals surface area contributed by atoms with Gasteiger partial charge in [0, 0.05) is 30.2 Å². The fourth-order valence-electron chi connectivity index (χ4n) is 6.91. The van der Waals surface area contributed by atoms with Crippen molar-refractivity contribution in [3.8, 4) is 0 Å². The van der Waals surface area contributed by atoms with Gasteiger partial charge in [-0.25, -0.2) is 0 Å². The first kappa shape index (κ1) is 26.6. The monoisotopic (exact) mass is 601 g/mol. The minimum atomic E-state index is -0.414. The lowest BCUT2D eigenvalue weighted by atomic mass is 9.58. The van der Waals surface area contributed by atoms with Gasteiger partial charge in [0.1, 0.15) is 0 Å². The predicted octanol–water partition coefficient (Wildman–Crippen LogP) is 8.24. The van der Waals surface area contributed by atoms with Crippen molar-refractivity contribution >= 4 is 22.6 Å². The average molecular weight is 602 g/mol. The van der Waals surface area contributed by atoms with Gasteiger partial charge < -0.3 is 9.84 Å². The Balaban J connectivity index is 1.72. The molecule has 1 aliphatic heterocycles. The molecule has 1 aromatic heterocycles. The normalized spacial score (nSPS) is 23.9. The molecule has 4 heteroatoms. The molecule has 5 rings (SSSR count). The minimum absolute atomic E-state index is 0.00981. The first-order chi connectivity index (χ1) is 16.9. The molecule has 0 bridgehead atoms. The van der Waals surface area contributed by atoms with Gasteiger partial charge in [-0.3, -0.25) is 4.98 Å². The lowest BCUT2D eigenvalue weighted by Gasteiger charge is -2.49. The molecular formula is C32H44INO2. The van der Waals surface area contributed by atoms with Crippen molar-refractivity contribution in [3.05, 3.63) is 63.5 Å². The highest BCUT2D eigenvalue weighted by atomic mass is 127. The van der Waals surface area contributed by atoms with E-state index in [1.165, 1.54) is 58.5 Å². The molecule has 36 heavy (non-hydrogen) atoms. The highest BCUT2D eigenvalue weighted by molar-refractivity contribution is 14.1. The molecule has 1 saturated carbocycles. The van der Waals surface area contributed by atoms with Gasteiger partial charge in [0.15, 0.2) is 0 Å². The first-order valence-corrected chi connectivity index (χ1v) is 15.3. The molecule has 1 N–H and O–H groups in total. The number of benzene rings is 1. The number of aromatic nitrogens is 1. The molecule has 3 aliphatic rings. The third kappa shape index (κ3) is 4.68. The van der Waals surface area contributed by atoms with Crippen LogP contribution in [-0.4, -0.2) is 23.3 Å². The number of aliphatic hydroxyl groups is 1. The number of halogens is 1. The second kappa shape index (κ2) is 9.64. The van der Waals surface area contributed by atoms with E-state index in [4.69, 9.17) is 9.72 Å². The smallest absolute Gasteiger partial charge is 0.0816 e. The Bertz CT molecular complexity index is 1100. The number of fused-ring (bicyclic) bond motifs is 1. The molecule has 2 heterocycles. The largest absolute Gasteiger partial charge is 0.388 e. The zero-order valence-electron chi connectivity index (χ0n) is 23.1. The summed E-state index contributed by atoms with van der Waals surface area (Å²) in [6.07, 6.45) is 7.27. The Morgan fingerprint density at radius 3 is 2.22 bits per heavy atom. The molecule has 1 spiro atoms. The molecule has 2 aromatic rings. The van der Waals surface area contributed by atoms with E-state index in [9.17, 15) is 5.11 Å². The van der Waals surface area contributed by atoms with Gasteiger partial charge >= 0.3 is 0 Å². The number of aliphatic hydroxyl groups excluding tert-OH is 1. The third-order valence-corrected chi connectivity index (χ3v) is 10.7. The van der Waals surface area contributed by atoms with E-state index in [1.807, 2.05) is 0 Å². The van der Waals surface area contributed by atoms with E-state index in [-0.39, 0.29) is 20.2 Å². The summed E-state index contributed by atoms with van der Waals surface area (Å²) in [4.78, 5) is 5.43. The number of nitrogens with zero attached hydrogens (tertiary/aromatic N) is 1. The maximum atomic E-state index is 11.7. The summed E-state index contributed by atoms with van der Waals surface area (Å²) in [6, 6.07) is 9.23. The van der Waals surface area contributed by atoms with Crippen LogP contribution in [0.2, 0.25) is 0 Å². The fraction of sp³-hybridized carbons (Fsp3) is 0.656. The molecule has 0 radical (unpaired) electrons. The van der Waals surface area contributed by atoms with Crippen LogP contribution in [0.25, 0.3) is 0 Å². The molecule has 3 nitrogen and oxygen atoms in total. The van der Waals surface area contributed by atoms with Gasteiger partial charge in [-0.15, -0.1) is 0 Å². The van der Waals surface area contributed by atoms with Crippen LogP contribution in [0.4, 0.5) is 0 Å². The Kier molecular flexibility index (Phi) is 7.13. The summed E-state index contributed by atoms with van der Waals surface area (Å²) >= 11 is 2.65. The highest BCUT2D eigenvalue weighted by Gasteiger charge is 2.47. The van der Waals surface area contributed by atoms with E-state index in [2.05, 4.69) is 88.4 Å². The maximum absolute atomic E-state index is 11.7. The SMILES string of the molecule is CC(C)c1nc2c(c(C3(C)CCOCC3)c1C(I)c1ccc(C(C)(C)C)cc1)[C@@H](O)CC1(CCC1)C2. The standard InChI is InChI=1S/C32H44INO2/c1-20(2)29-26(28(33)21-8-10-22(11-9-21)30(3,4)5)27(31(6)14-16-36-17-15-31)25-23(34-29)18-32(12-7-13-32)19-24(25)35/h8-11,20,24,28,35H,7,12-19H2,1-6H3/t24-,28?/m0/s1. The minimum Gasteiger partial charge on any atom is -0.388 e. The number of pyridine rings is 1. The van der Waals surface area contributed by atoms with Crippen molar-refractivity contribution in [2.75, 3.05) is 13.2 Å². The zero-order valence-corrected chi connectivity index (χ0v) is 25.2. The molecule has 1 saturated heterocycles. The molecule has 196 valence electrons. The molecule has 1 unspecified atom stereocenters. The van der Waals surface area contributed by atoms with Crippen molar-refractivity contribution in [3.63, 3.8) is 0 Å². The summed E-state index contributed by atoms with van der Waals surface area (Å²) in [7, 11) is 0. The molecule has 2 fully saturated rings. The van der Waals surface area contributed by atoms with Crippen LogP contribution in [0.1, 0.15) is 135 Å². The van der Waals surface area contributed by atoms with Crippen LogP contribution < -0.4 is 0 Å². The molecule has 2 aliphatic carbocycles. The Morgan fingerprint density at radius 1 is 1.06 bits per heavy atom. The second-order valence-electron chi connectivity index (χ2n) is 13.5. The van der Waals surface area contributed by atoms with Crippen molar-refractivity contribution in [2.45, 2.75) is 113 Å². The van der Waals surface area contributed by atoms with E-state index < -0.39 is 6.10 Å². The van der Waals surface area contributed by atoms with Crippen molar-refractivity contribution in [1.82, 2.24) is 4.98 Å². The maximum Gasteiger partial charge on any atom is 0.0816 e. The Labute approximate surface area is 232 Å². The van der Waals surface area contributed by atoms with Crippen LogP contribution in [0, 0.1) is 5.41 Å². The number of ether oxygens (including phenoxy) is 1. The van der Waals surface area contributed by atoms with Crippen molar-refractivity contribution < 1.29 is 9.84 Å². The third-order valence-electron chi connectivity index (χ3n) is 9.37. The van der Waals surface area contributed by atoms with Crippen LogP contribution in [0.3, 0.4) is 0 Å². The van der Waals surface area contributed by atoms with E-state index in [0.717, 1.165) is 38.9 Å². The van der Waals surface area contributed by atoms with Crippen LogP contribution in [-0.2, 0) is 22.0 Å². The zero-order chi connectivity index (χ0) is 25.9. The summed E-state index contributed by atoms with van der Waals surface area (Å²) in [5.41, 5.74) is 9.45. The van der Waals surface area contributed by atoms with Gasteiger partial charge in [0.05, 0.1) is 10.0 Å². The lowest BCUT2D eigenvalue weighted by Crippen LogP contribution is -2.41. The Hall–Kier alpha value is -0.980. The van der Waals surface area contributed by atoms with Crippen LogP contribution >= 0.6 is 22.6 Å².